The van der Waals surface area contributed by atoms with Gasteiger partial charge in [0, 0.05) is 41.9 Å². The highest BCUT2D eigenvalue weighted by atomic mass is 32.1. The molecule has 0 fully saturated rings. The predicted molar refractivity (Wildman–Crippen MR) is 234 cm³/mol. The van der Waals surface area contributed by atoms with Gasteiger partial charge in [0.25, 0.3) is 11.8 Å². The first kappa shape index (κ1) is 39.3. The summed E-state index contributed by atoms with van der Waals surface area (Å²) in [4.78, 5) is 41.9. The number of fused-ring (bicyclic) bond motifs is 2. The van der Waals surface area contributed by atoms with Crippen molar-refractivity contribution in [1.82, 2.24) is 34.1 Å². The number of hydrogen-bond donors (Lipinski definition) is 5. The zero-order valence-corrected chi connectivity index (χ0v) is 33.8. The van der Waals surface area contributed by atoms with Crippen LogP contribution < -0.4 is 27.0 Å². The number of imidazole rings is 2. The van der Waals surface area contributed by atoms with Gasteiger partial charge in [-0.05, 0) is 98.8 Å². The molecule has 17 heteroatoms. The van der Waals surface area contributed by atoms with Crippen molar-refractivity contribution in [3.8, 4) is 22.8 Å². The summed E-state index contributed by atoms with van der Waals surface area (Å²) in [6.07, 6.45) is 3.68. The summed E-state index contributed by atoms with van der Waals surface area (Å²) in [7, 11) is 1.58. The van der Waals surface area contributed by atoms with Gasteiger partial charge in [-0.3, -0.25) is 18.4 Å². The molecule has 0 aliphatic heterocycles. The molecule has 6 N–H and O–H groups in total. The standard InChI is InChI=1S/C24H19FN6OS.C19H16FN5OS/c1-14-21(31-13-5-4-8-19(31)27-14)20-22(25)33-24(30-20)28-16-11-9-15(10-12-16)23(32)29-18-7-3-2-6-17(18)26;1-11-16(25-10-4-3-5-14(25)22-11)15-17(20)27-19(24-15)23-13-8-6-12(7-9-13)18(26)21-2/h2-13H,26H2,1H3,(H,28,30)(H,29,32);3-10H,1-2H3,(H,21,26)(H,23,24). The summed E-state index contributed by atoms with van der Waals surface area (Å²) in [6, 6.07) is 32.0. The molecule has 300 valence electrons. The minimum absolute atomic E-state index is 0.160. The molecule has 0 unspecified atom stereocenters. The smallest absolute Gasteiger partial charge is 0.255 e. The van der Waals surface area contributed by atoms with Crippen LogP contribution >= 0.6 is 22.7 Å². The highest BCUT2D eigenvalue weighted by Crippen LogP contribution is 2.35. The number of pyridine rings is 2. The number of nitrogens with one attached hydrogen (secondary N) is 4. The van der Waals surface area contributed by atoms with E-state index in [0.717, 1.165) is 39.7 Å². The lowest BCUT2D eigenvalue weighted by atomic mass is 10.2. The van der Waals surface area contributed by atoms with E-state index in [2.05, 4.69) is 41.2 Å². The van der Waals surface area contributed by atoms with Crippen molar-refractivity contribution in [2.45, 2.75) is 13.8 Å². The number of para-hydroxylation sites is 2. The second kappa shape index (κ2) is 16.8. The molecule has 9 rings (SSSR count). The Morgan fingerprint density at radius 3 is 1.52 bits per heavy atom. The number of nitrogen functional groups attached to an aromatic ring is 1. The van der Waals surface area contributed by atoms with Crippen LogP contribution in [0, 0.1) is 24.1 Å². The number of carbonyl (C=O) groups is 2. The van der Waals surface area contributed by atoms with E-state index >= 15 is 0 Å². The van der Waals surface area contributed by atoms with Crippen molar-refractivity contribution in [3.63, 3.8) is 0 Å². The van der Waals surface area contributed by atoms with Gasteiger partial charge in [-0.15, -0.1) is 0 Å². The zero-order chi connectivity index (χ0) is 41.9. The van der Waals surface area contributed by atoms with Gasteiger partial charge in [0.1, 0.15) is 22.7 Å². The average Bonchev–Trinajstić information content (AvgIpc) is 3.99. The summed E-state index contributed by atoms with van der Waals surface area (Å²) in [5.74, 6) is -0.433. The molecule has 9 aromatic rings. The van der Waals surface area contributed by atoms with Crippen molar-refractivity contribution >= 4 is 78.8 Å². The van der Waals surface area contributed by atoms with Gasteiger partial charge in [-0.2, -0.15) is 8.78 Å². The molecule has 2 amide bonds. The summed E-state index contributed by atoms with van der Waals surface area (Å²) in [5, 5.41) is 11.6. The number of halogens is 2. The second-order valence-corrected chi connectivity index (χ2v) is 15.2. The summed E-state index contributed by atoms with van der Waals surface area (Å²) in [6.45, 7) is 3.67. The summed E-state index contributed by atoms with van der Waals surface area (Å²) in [5.41, 5.74) is 14.0. The van der Waals surface area contributed by atoms with E-state index in [4.69, 9.17) is 5.73 Å². The lowest BCUT2D eigenvalue weighted by Gasteiger charge is -2.08. The minimum atomic E-state index is -0.400. The fraction of sp³-hybridized carbons (Fsp3) is 0.0698. The second-order valence-electron chi connectivity index (χ2n) is 13.3. The number of benzene rings is 3. The molecule has 6 heterocycles. The van der Waals surface area contributed by atoms with Crippen LogP contribution in [0.5, 0.6) is 0 Å². The van der Waals surface area contributed by atoms with Crippen LogP contribution in [0.2, 0.25) is 0 Å². The lowest BCUT2D eigenvalue weighted by Crippen LogP contribution is -2.17. The number of aromatic nitrogens is 6. The Balaban J connectivity index is 0.000000170. The van der Waals surface area contributed by atoms with Crippen LogP contribution in [0.1, 0.15) is 32.1 Å². The molecule has 0 aliphatic rings. The Bertz CT molecular complexity index is 3010. The molecule has 0 bridgehead atoms. The Morgan fingerprint density at radius 2 is 1.05 bits per heavy atom. The number of rotatable bonds is 9. The topological polar surface area (TPSA) is 169 Å². The van der Waals surface area contributed by atoms with Gasteiger partial charge in [0.2, 0.25) is 10.3 Å². The predicted octanol–water partition coefficient (Wildman–Crippen LogP) is 9.49. The first-order valence-corrected chi connectivity index (χ1v) is 20.0. The van der Waals surface area contributed by atoms with Gasteiger partial charge in [0.15, 0.2) is 10.3 Å². The van der Waals surface area contributed by atoms with Crippen molar-refractivity contribution in [1.29, 1.82) is 0 Å². The van der Waals surface area contributed by atoms with E-state index in [1.807, 2.05) is 71.4 Å². The lowest BCUT2D eigenvalue weighted by molar-refractivity contribution is 0.0962. The maximum Gasteiger partial charge on any atom is 0.255 e. The molecule has 0 atom stereocenters. The molecule has 0 saturated heterocycles. The maximum atomic E-state index is 14.8. The zero-order valence-electron chi connectivity index (χ0n) is 32.2. The highest BCUT2D eigenvalue weighted by Gasteiger charge is 2.21. The van der Waals surface area contributed by atoms with Crippen molar-refractivity contribution < 1.29 is 18.4 Å². The number of anilines is 6. The van der Waals surface area contributed by atoms with Crippen molar-refractivity contribution in [2.24, 2.45) is 0 Å². The number of amides is 2. The minimum Gasteiger partial charge on any atom is -0.397 e. The molecular weight excluding hydrogens is 805 g/mol. The molecule has 6 aromatic heterocycles. The third kappa shape index (κ3) is 8.11. The van der Waals surface area contributed by atoms with E-state index in [1.54, 1.807) is 79.8 Å². The molecule has 13 nitrogen and oxygen atoms in total. The quantitative estimate of drug-likeness (QED) is 0.0889. The van der Waals surface area contributed by atoms with Gasteiger partial charge < -0.3 is 27.0 Å². The molecule has 0 aliphatic carbocycles. The van der Waals surface area contributed by atoms with Crippen LogP contribution in [-0.4, -0.2) is 47.6 Å². The van der Waals surface area contributed by atoms with Gasteiger partial charge in [0.05, 0.1) is 34.2 Å². The van der Waals surface area contributed by atoms with Crippen LogP contribution in [0.3, 0.4) is 0 Å². The summed E-state index contributed by atoms with van der Waals surface area (Å²) >= 11 is 1.85. The van der Waals surface area contributed by atoms with Gasteiger partial charge in [-0.25, -0.2) is 19.9 Å². The van der Waals surface area contributed by atoms with Crippen molar-refractivity contribution in [2.75, 3.05) is 28.7 Å². The molecule has 60 heavy (non-hydrogen) atoms. The third-order valence-corrected chi connectivity index (χ3v) is 10.8. The van der Waals surface area contributed by atoms with Crippen LogP contribution in [0.4, 0.5) is 41.8 Å². The fourth-order valence-electron chi connectivity index (χ4n) is 6.41. The average molecular weight is 840 g/mol. The van der Waals surface area contributed by atoms with E-state index in [9.17, 15) is 18.4 Å². The monoisotopic (exact) mass is 839 g/mol. The molecular formula is C43H35F2N11O2S2. The normalized spacial score (nSPS) is 10.9. The first-order chi connectivity index (χ1) is 29.1. The van der Waals surface area contributed by atoms with Crippen LogP contribution in [0.15, 0.2) is 122 Å². The van der Waals surface area contributed by atoms with Gasteiger partial charge in [-0.1, -0.05) is 46.9 Å². The van der Waals surface area contributed by atoms with Crippen molar-refractivity contribution in [3.05, 3.63) is 154 Å². The third-order valence-electron chi connectivity index (χ3n) is 9.26. The number of carbonyl (C=O) groups excluding carboxylic acids is 2. The largest absolute Gasteiger partial charge is 0.397 e. The fourth-order valence-corrected chi connectivity index (χ4v) is 7.84. The maximum absolute atomic E-state index is 14.8. The molecule has 0 radical (unpaired) electrons. The summed E-state index contributed by atoms with van der Waals surface area (Å²) < 4.78 is 33.1. The Labute approximate surface area is 349 Å². The number of nitrogens with zero attached hydrogens (tertiary/aromatic N) is 6. The molecule has 0 spiro atoms. The Hall–Kier alpha value is -7.50. The van der Waals surface area contributed by atoms with E-state index in [0.29, 0.717) is 61.2 Å². The van der Waals surface area contributed by atoms with Crippen LogP contribution in [0.25, 0.3) is 34.1 Å². The Morgan fingerprint density at radius 1 is 0.600 bits per heavy atom. The van der Waals surface area contributed by atoms with E-state index in [1.165, 1.54) is 0 Å². The molecule has 3 aromatic carbocycles. The Kier molecular flexibility index (Phi) is 11.0. The van der Waals surface area contributed by atoms with Crippen LogP contribution in [-0.2, 0) is 0 Å². The highest BCUT2D eigenvalue weighted by molar-refractivity contribution is 7.14. The number of hydrogen-bond acceptors (Lipinski definition) is 11. The number of thiazole rings is 2. The number of nitrogens with two attached hydrogens (primary N) is 1. The van der Waals surface area contributed by atoms with E-state index in [-0.39, 0.29) is 28.3 Å². The molecule has 0 saturated carbocycles. The van der Waals surface area contributed by atoms with Gasteiger partial charge >= 0.3 is 0 Å². The number of aryl methyl sites for hydroxylation is 2. The first-order valence-electron chi connectivity index (χ1n) is 18.4. The van der Waals surface area contributed by atoms with E-state index < -0.39 is 5.13 Å². The SMILES string of the molecule is CNC(=O)c1ccc(Nc2nc(-c3c(C)nc4ccccn34)c(F)s2)cc1.Cc1nc2ccccn2c1-c1nc(Nc2ccc(C(=O)Nc3ccccc3N)cc2)sc1F.